The molecule has 33 heavy (non-hydrogen) atoms. The number of halogens is 2. The van der Waals surface area contributed by atoms with E-state index in [1.807, 2.05) is 4.90 Å². The molecule has 1 fully saturated rings. The average molecular weight is 514 g/mol. The number of anilines is 1. The third-order valence-corrected chi connectivity index (χ3v) is 6.97. The van der Waals surface area contributed by atoms with E-state index in [-0.39, 0.29) is 23.0 Å². The van der Waals surface area contributed by atoms with Crippen LogP contribution >= 0.6 is 23.2 Å². The Morgan fingerprint density at radius 3 is 2.33 bits per heavy atom. The standard InChI is InChI=1S/C21H21Cl2N3O6S/c1-2-32-19(27)13-33(31)18-7-6-14(12-17(18)26(29)30)21(28)25-10-8-24(9-11-25)20-15(22)4-3-5-16(20)23/h3-7,12H,2,8-11,13H2,1H3. The molecule has 0 radical (unpaired) electrons. The summed E-state index contributed by atoms with van der Waals surface area (Å²) in [6.45, 7) is 3.42. The van der Waals surface area contributed by atoms with E-state index in [1.54, 1.807) is 30.0 Å². The second-order valence-corrected chi connectivity index (χ2v) is 9.32. The number of nitro groups is 1. The molecule has 0 aromatic heterocycles. The molecule has 2 aromatic carbocycles. The number of piperazine rings is 1. The Morgan fingerprint density at radius 2 is 1.76 bits per heavy atom. The van der Waals surface area contributed by atoms with Crippen molar-refractivity contribution < 1.29 is 23.8 Å². The quantitative estimate of drug-likeness (QED) is 0.240. The lowest BCUT2D eigenvalue weighted by Gasteiger charge is -2.36. The van der Waals surface area contributed by atoms with Crippen molar-refractivity contribution in [2.45, 2.75) is 11.8 Å². The summed E-state index contributed by atoms with van der Waals surface area (Å²) in [5.74, 6) is -1.61. The summed E-state index contributed by atoms with van der Waals surface area (Å²) in [7, 11) is 0. The Morgan fingerprint density at radius 1 is 1.12 bits per heavy atom. The highest BCUT2D eigenvalue weighted by atomic mass is 35.5. The summed E-state index contributed by atoms with van der Waals surface area (Å²) in [5.41, 5.74) is 0.324. The number of nitro benzene ring substituents is 1. The zero-order valence-corrected chi connectivity index (χ0v) is 20.0. The van der Waals surface area contributed by atoms with Gasteiger partial charge in [0.05, 0.1) is 27.3 Å². The molecule has 0 N–H and O–H groups in total. The predicted molar refractivity (Wildman–Crippen MR) is 126 cm³/mol. The highest BCUT2D eigenvalue weighted by molar-refractivity contribution is 7.92. The van der Waals surface area contributed by atoms with Gasteiger partial charge in [0.25, 0.3) is 5.91 Å². The fourth-order valence-corrected chi connectivity index (χ4v) is 5.16. The van der Waals surface area contributed by atoms with Gasteiger partial charge in [0.2, 0.25) is 10.6 Å². The molecule has 9 nitrogen and oxygen atoms in total. The van der Waals surface area contributed by atoms with Crippen molar-refractivity contribution in [1.29, 1.82) is 0 Å². The average Bonchev–Trinajstić information content (AvgIpc) is 2.78. The molecule has 1 saturated heterocycles. The smallest absolute Gasteiger partial charge is 0.356 e. The van der Waals surface area contributed by atoms with Crippen LogP contribution in [0.4, 0.5) is 11.4 Å². The van der Waals surface area contributed by atoms with E-state index < -0.39 is 33.5 Å². The van der Waals surface area contributed by atoms with Crippen molar-refractivity contribution in [2.75, 3.05) is 43.4 Å². The predicted octanol–water partition coefficient (Wildman–Crippen LogP) is 3.53. The normalized spacial score (nSPS) is 14.7. The molecule has 1 aliphatic rings. The Bertz CT molecular complexity index is 1040. The first-order valence-corrected chi connectivity index (χ1v) is 12.1. The van der Waals surface area contributed by atoms with Gasteiger partial charge in [0.1, 0.15) is 0 Å². The minimum absolute atomic E-state index is 0.0998. The van der Waals surface area contributed by atoms with Crippen molar-refractivity contribution in [3.8, 4) is 0 Å². The number of rotatable bonds is 7. The third kappa shape index (κ3) is 5.89. The molecule has 3 rings (SSSR count). The lowest BCUT2D eigenvalue weighted by molar-refractivity contribution is -0.387. The maximum Gasteiger partial charge on any atom is 0.356 e. The molecule has 1 atom stereocenters. The molecular weight excluding hydrogens is 493 g/mol. The molecule has 1 unspecified atom stereocenters. The van der Waals surface area contributed by atoms with Gasteiger partial charge >= 0.3 is 11.7 Å². The largest absolute Gasteiger partial charge is 0.611 e. The maximum absolute atomic E-state index is 13.0. The van der Waals surface area contributed by atoms with Crippen molar-refractivity contribution in [3.63, 3.8) is 0 Å². The number of carbonyl (C=O) groups is 2. The zero-order valence-electron chi connectivity index (χ0n) is 17.7. The summed E-state index contributed by atoms with van der Waals surface area (Å²) in [4.78, 5) is 38.8. The fourth-order valence-electron chi connectivity index (χ4n) is 3.48. The minimum Gasteiger partial charge on any atom is -0.611 e. The molecule has 2 aromatic rings. The minimum atomic E-state index is -1.98. The monoisotopic (exact) mass is 513 g/mol. The van der Waals surface area contributed by atoms with E-state index in [2.05, 4.69) is 0 Å². The fraction of sp³-hybridized carbons (Fsp3) is 0.333. The van der Waals surface area contributed by atoms with Crippen LogP contribution in [0.2, 0.25) is 10.0 Å². The summed E-state index contributed by atoms with van der Waals surface area (Å²) >= 11 is 10.6. The van der Waals surface area contributed by atoms with Crippen molar-refractivity contribution in [1.82, 2.24) is 4.90 Å². The number of esters is 1. The number of amides is 1. The van der Waals surface area contributed by atoms with Crippen molar-refractivity contribution >= 4 is 57.6 Å². The Balaban J connectivity index is 1.73. The van der Waals surface area contributed by atoms with Crippen LogP contribution in [0, 0.1) is 10.1 Å². The first-order valence-electron chi connectivity index (χ1n) is 10.0. The van der Waals surface area contributed by atoms with Gasteiger partial charge in [-0.05, 0) is 25.1 Å². The summed E-state index contributed by atoms with van der Waals surface area (Å²) in [6, 6.07) is 8.97. The first kappa shape index (κ1) is 25.1. The van der Waals surface area contributed by atoms with Crippen LogP contribution in [0.1, 0.15) is 17.3 Å². The molecule has 0 saturated carbocycles. The zero-order chi connectivity index (χ0) is 24.1. The molecular formula is C21H21Cl2N3O6S. The van der Waals surface area contributed by atoms with Gasteiger partial charge in [-0.1, -0.05) is 29.3 Å². The van der Waals surface area contributed by atoms with E-state index in [1.165, 1.54) is 12.1 Å². The second kappa shape index (κ2) is 11.1. The first-order chi connectivity index (χ1) is 15.7. The Kier molecular flexibility index (Phi) is 8.41. The molecule has 176 valence electrons. The molecule has 0 bridgehead atoms. The Labute approximate surface area is 203 Å². The van der Waals surface area contributed by atoms with Crippen LogP contribution in [-0.2, 0) is 20.7 Å². The van der Waals surface area contributed by atoms with E-state index in [0.717, 1.165) is 6.07 Å². The number of ether oxygens (including phenoxy) is 1. The van der Waals surface area contributed by atoms with E-state index in [9.17, 15) is 24.3 Å². The van der Waals surface area contributed by atoms with Gasteiger partial charge in [-0.25, -0.2) is 4.79 Å². The Hall–Kier alpha value is -2.53. The number of para-hydroxylation sites is 1. The number of benzene rings is 2. The number of hydrogen-bond donors (Lipinski definition) is 0. The number of carbonyl (C=O) groups excluding carboxylic acids is 2. The topological polar surface area (TPSA) is 116 Å². The van der Waals surface area contributed by atoms with Crippen molar-refractivity contribution in [2.24, 2.45) is 0 Å². The van der Waals surface area contributed by atoms with Crippen LogP contribution in [0.3, 0.4) is 0 Å². The second-order valence-electron chi connectivity index (χ2n) is 7.08. The van der Waals surface area contributed by atoms with Gasteiger partial charge in [-0.2, -0.15) is 0 Å². The van der Waals surface area contributed by atoms with E-state index in [4.69, 9.17) is 27.9 Å². The van der Waals surface area contributed by atoms with E-state index >= 15 is 0 Å². The number of nitrogens with zero attached hydrogens (tertiary/aromatic N) is 3. The van der Waals surface area contributed by atoms with Crippen LogP contribution in [0.5, 0.6) is 0 Å². The number of hydrogen-bond acceptors (Lipinski definition) is 7. The molecule has 12 heteroatoms. The summed E-state index contributed by atoms with van der Waals surface area (Å²) < 4.78 is 17.2. The molecule has 1 heterocycles. The molecule has 1 amide bonds. The van der Waals surface area contributed by atoms with Crippen LogP contribution in [0.25, 0.3) is 0 Å². The van der Waals surface area contributed by atoms with Crippen LogP contribution in [-0.4, -0.2) is 64.8 Å². The SMILES string of the molecule is CCOC(=O)C[S+]([O-])c1ccc(C(=O)N2CCN(c3c(Cl)cccc3Cl)CC2)cc1[N+](=O)[O-]. The van der Waals surface area contributed by atoms with Gasteiger partial charge < -0.3 is 19.1 Å². The summed E-state index contributed by atoms with van der Waals surface area (Å²) in [6.07, 6.45) is 0. The van der Waals surface area contributed by atoms with Crippen LogP contribution in [0.15, 0.2) is 41.3 Å². The van der Waals surface area contributed by atoms with Gasteiger partial charge in [0, 0.05) is 55.1 Å². The molecule has 1 aliphatic heterocycles. The third-order valence-electron chi connectivity index (χ3n) is 5.02. The van der Waals surface area contributed by atoms with Gasteiger partial charge in [-0.3, -0.25) is 14.9 Å². The maximum atomic E-state index is 13.0. The van der Waals surface area contributed by atoms with Crippen LogP contribution < -0.4 is 4.90 Å². The summed E-state index contributed by atoms with van der Waals surface area (Å²) in [5, 5.41) is 12.6. The van der Waals surface area contributed by atoms with Gasteiger partial charge in [0.15, 0.2) is 0 Å². The lowest BCUT2D eigenvalue weighted by Crippen LogP contribution is -2.49. The lowest BCUT2D eigenvalue weighted by atomic mass is 10.1. The van der Waals surface area contributed by atoms with Crippen molar-refractivity contribution in [3.05, 3.63) is 62.1 Å². The molecule has 0 spiro atoms. The highest BCUT2D eigenvalue weighted by Gasteiger charge is 2.30. The highest BCUT2D eigenvalue weighted by Crippen LogP contribution is 2.34. The van der Waals surface area contributed by atoms with Gasteiger partial charge in [-0.15, -0.1) is 0 Å². The van der Waals surface area contributed by atoms with E-state index in [0.29, 0.717) is 41.9 Å². The molecule has 0 aliphatic carbocycles.